The van der Waals surface area contributed by atoms with Crippen LogP contribution in [0.1, 0.15) is 27.7 Å². The Morgan fingerprint density at radius 2 is 1.36 bits per heavy atom. The molecule has 0 aliphatic carbocycles. The van der Waals surface area contributed by atoms with Gasteiger partial charge in [-0.1, -0.05) is 0 Å². The molecule has 0 bridgehead atoms. The van der Waals surface area contributed by atoms with Crippen LogP contribution in [0.3, 0.4) is 0 Å². The van der Waals surface area contributed by atoms with Gasteiger partial charge in [-0.2, -0.15) is 0 Å². The molecule has 0 spiro atoms. The van der Waals surface area contributed by atoms with Gasteiger partial charge in [0, 0.05) is 0 Å². The Balaban J connectivity index is 3.13. The summed E-state index contributed by atoms with van der Waals surface area (Å²) in [6.45, 7) is 8.50. The Bertz CT molecular complexity index is 272. The molecule has 1 aromatic rings. The Hall–Kier alpha value is -0.390. The zero-order valence-electron chi connectivity index (χ0n) is 9.49. The standard InChI is InChI=1S/C12H21OP/c1-10(2)14(13,11(3)4)12-8-6-5-7-9-12/h5-11,13-14H,1-4H3. The van der Waals surface area contributed by atoms with Gasteiger partial charge in [0.15, 0.2) is 0 Å². The van der Waals surface area contributed by atoms with Crippen molar-refractivity contribution < 1.29 is 4.89 Å². The third-order valence-electron chi connectivity index (χ3n) is 3.00. The van der Waals surface area contributed by atoms with Crippen LogP contribution in [0.5, 0.6) is 0 Å². The molecular weight excluding hydrogens is 191 g/mol. The number of benzene rings is 1. The van der Waals surface area contributed by atoms with E-state index in [4.69, 9.17) is 0 Å². The Morgan fingerprint density at radius 3 is 1.71 bits per heavy atom. The molecule has 0 amide bonds. The van der Waals surface area contributed by atoms with Crippen molar-refractivity contribution in [2.45, 2.75) is 39.0 Å². The summed E-state index contributed by atoms with van der Waals surface area (Å²) in [5, 5.41) is 1.16. The Kier molecular flexibility index (Phi) is 3.69. The van der Waals surface area contributed by atoms with E-state index >= 15 is 0 Å². The normalized spacial score (nSPS) is 13.6. The van der Waals surface area contributed by atoms with Crippen molar-refractivity contribution in [1.29, 1.82) is 0 Å². The number of hydrogen-bond acceptors (Lipinski definition) is 1. The molecule has 0 fully saturated rings. The van der Waals surface area contributed by atoms with Gasteiger partial charge < -0.3 is 0 Å². The van der Waals surface area contributed by atoms with Crippen molar-refractivity contribution in [3.8, 4) is 0 Å². The maximum atomic E-state index is 10.8. The fourth-order valence-electron chi connectivity index (χ4n) is 2.04. The van der Waals surface area contributed by atoms with E-state index in [1.807, 2.05) is 18.2 Å². The molecule has 80 valence electrons. The summed E-state index contributed by atoms with van der Waals surface area (Å²) in [5.74, 6) is 0. The monoisotopic (exact) mass is 212 g/mol. The van der Waals surface area contributed by atoms with Crippen molar-refractivity contribution in [3.05, 3.63) is 30.3 Å². The van der Waals surface area contributed by atoms with E-state index in [0.717, 1.165) is 5.30 Å². The average Bonchev–Trinajstić information content (AvgIpc) is 2.17. The molecule has 1 aromatic carbocycles. The van der Waals surface area contributed by atoms with Gasteiger partial charge in [-0.15, -0.1) is 0 Å². The Morgan fingerprint density at radius 1 is 0.929 bits per heavy atom. The van der Waals surface area contributed by atoms with Gasteiger partial charge in [0.2, 0.25) is 0 Å². The van der Waals surface area contributed by atoms with Crippen LogP contribution in [-0.2, 0) is 0 Å². The summed E-state index contributed by atoms with van der Waals surface area (Å²) in [6.07, 6.45) is 0. The van der Waals surface area contributed by atoms with E-state index in [1.54, 1.807) is 0 Å². The van der Waals surface area contributed by atoms with Gasteiger partial charge in [0.1, 0.15) is 0 Å². The molecule has 0 saturated carbocycles. The molecule has 0 aliphatic heterocycles. The second-order valence-corrected chi connectivity index (χ2v) is 9.04. The van der Waals surface area contributed by atoms with Crippen LogP contribution >= 0.6 is 7.49 Å². The van der Waals surface area contributed by atoms with Crippen molar-refractivity contribution in [1.82, 2.24) is 0 Å². The van der Waals surface area contributed by atoms with E-state index in [2.05, 4.69) is 39.8 Å². The molecule has 0 radical (unpaired) electrons. The van der Waals surface area contributed by atoms with Crippen LogP contribution in [0.4, 0.5) is 0 Å². The molecule has 0 saturated heterocycles. The first-order valence-corrected chi connectivity index (χ1v) is 7.37. The van der Waals surface area contributed by atoms with Crippen LogP contribution in [-0.4, -0.2) is 16.2 Å². The molecule has 1 nitrogen and oxygen atoms in total. The second-order valence-electron chi connectivity index (χ2n) is 4.50. The van der Waals surface area contributed by atoms with Crippen LogP contribution in [0.25, 0.3) is 0 Å². The predicted octanol–water partition coefficient (Wildman–Crippen LogP) is 2.79. The summed E-state index contributed by atoms with van der Waals surface area (Å²) in [7, 11) is -2.28. The van der Waals surface area contributed by atoms with E-state index in [9.17, 15) is 4.89 Å². The SMILES string of the molecule is CC(C)[PH](O)(c1ccccc1)C(C)C. The van der Waals surface area contributed by atoms with Gasteiger partial charge >= 0.3 is 87.0 Å². The molecule has 0 unspecified atom stereocenters. The fraction of sp³-hybridized carbons (Fsp3) is 0.500. The van der Waals surface area contributed by atoms with Crippen LogP contribution in [0.2, 0.25) is 0 Å². The van der Waals surface area contributed by atoms with E-state index in [-0.39, 0.29) is 0 Å². The molecule has 0 aromatic heterocycles. The third-order valence-corrected chi connectivity index (χ3v) is 7.78. The topological polar surface area (TPSA) is 20.2 Å². The first kappa shape index (κ1) is 11.7. The van der Waals surface area contributed by atoms with Crippen molar-refractivity contribution in [3.63, 3.8) is 0 Å². The van der Waals surface area contributed by atoms with Crippen molar-refractivity contribution in [2.24, 2.45) is 0 Å². The maximum absolute atomic E-state index is 10.8. The number of hydrogen-bond donors (Lipinski definition) is 1. The second kappa shape index (κ2) is 4.42. The van der Waals surface area contributed by atoms with Gasteiger partial charge in [-0.3, -0.25) is 0 Å². The fourth-order valence-corrected chi connectivity index (χ4v) is 5.43. The van der Waals surface area contributed by atoms with Gasteiger partial charge in [0.25, 0.3) is 0 Å². The quantitative estimate of drug-likeness (QED) is 0.764. The molecule has 0 atom stereocenters. The molecule has 1 rings (SSSR count). The average molecular weight is 212 g/mol. The summed E-state index contributed by atoms with van der Waals surface area (Å²) >= 11 is 0. The van der Waals surface area contributed by atoms with Crippen molar-refractivity contribution in [2.75, 3.05) is 0 Å². The van der Waals surface area contributed by atoms with Gasteiger partial charge in [-0.25, -0.2) is 0 Å². The van der Waals surface area contributed by atoms with Crippen LogP contribution in [0.15, 0.2) is 30.3 Å². The molecule has 0 heterocycles. The molecule has 0 aliphatic rings. The minimum absolute atomic E-state index is 0.366. The van der Waals surface area contributed by atoms with E-state index in [0.29, 0.717) is 11.3 Å². The summed E-state index contributed by atoms with van der Waals surface area (Å²) in [6, 6.07) is 10.1. The van der Waals surface area contributed by atoms with Gasteiger partial charge in [0.05, 0.1) is 0 Å². The summed E-state index contributed by atoms with van der Waals surface area (Å²) in [5.41, 5.74) is 0.731. The zero-order valence-corrected chi connectivity index (χ0v) is 10.5. The zero-order chi connectivity index (χ0) is 10.8. The van der Waals surface area contributed by atoms with E-state index < -0.39 is 7.49 Å². The number of rotatable bonds is 3. The van der Waals surface area contributed by atoms with Crippen LogP contribution in [0, 0.1) is 0 Å². The summed E-state index contributed by atoms with van der Waals surface area (Å²) in [4.78, 5) is 10.8. The minimum atomic E-state index is -2.28. The van der Waals surface area contributed by atoms with Gasteiger partial charge in [-0.05, 0) is 0 Å². The first-order chi connectivity index (χ1) is 6.49. The molecule has 2 heteroatoms. The van der Waals surface area contributed by atoms with E-state index in [1.165, 1.54) is 0 Å². The van der Waals surface area contributed by atoms with Crippen molar-refractivity contribution >= 4 is 12.8 Å². The van der Waals surface area contributed by atoms with Crippen LogP contribution < -0.4 is 5.30 Å². The third kappa shape index (κ3) is 1.99. The predicted molar refractivity (Wildman–Crippen MR) is 66.9 cm³/mol. The Labute approximate surface area is 87.6 Å². The molecule has 14 heavy (non-hydrogen) atoms. The molecule has 1 N–H and O–H groups in total. The first-order valence-electron chi connectivity index (χ1n) is 5.27. The summed E-state index contributed by atoms with van der Waals surface area (Å²) < 4.78 is 0. The molecular formula is C12H21OP.